The van der Waals surface area contributed by atoms with Crippen molar-refractivity contribution in [3.8, 4) is 0 Å². The van der Waals surface area contributed by atoms with E-state index >= 15 is 0 Å². The lowest BCUT2D eigenvalue weighted by atomic mass is 10.1. The van der Waals surface area contributed by atoms with Crippen molar-refractivity contribution < 1.29 is 4.79 Å². The van der Waals surface area contributed by atoms with Crippen LogP contribution in [0.4, 0.5) is 5.69 Å². The molecule has 1 aromatic carbocycles. The Labute approximate surface area is 123 Å². The summed E-state index contributed by atoms with van der Waals surface area (Å²) < 4.78 is 0. The molecule has 0 fully saturated rings. The van der Waals surface area contributed by atoms with Gasteiger partial charge in [-0.15, -0.1) is 0 Å². The second-order valence-corrected chi connectivity index (χ2v) is 5.90. The van der Waals surface area contributed by atoms with Gasteiger partial charge in [0.15, 0.2) is 0 Å². The van der Waals surface area contributed by atoms with E-state index in [2.05, 4.69) is 40.4 Å². The van der Waals surface area contributed by atoms with Crippen molar-refractivity contribution in [2.75, 3.05) is 11.9 Å². The molecule has 0 saturated carbocycles. The molecular weight excluding hydrogens is 264 g/mol. The van der Waals surface area contributed by atoms with Crippen molar-refractivity contribution >= 4 is 11.6 Å². The van der Waals surface area contributed by atoms with Gasteiger partial charge in [0, 0.05) is 25.1 Å². The normalized spacial score (nSPS) is 19.9. The van der Waals surface area contributed by atoms with Gasteiger partial charge in [-0.2, -0.15) is 0 Å². The SMILES string of the molecule is Cc1ccc2c(c1)CC(C(=O)N1CCc3nc[nH]c3C1)N2. The van der Waals surface area contributed by atoms with E-state index < -0.39 is 0 Å². The highest BCUT2D eigenvalue weighted by Gasteiger charge is 2.32. The minimum absolute atomic E-state index is 0.133. The molecule has 5 nitrogen and oxygen atoms in total. The summed E-state index contributed by atoms with van der Waals surface area (Å²) in [6.45, 7) is 3.48. The van der Waals surface area contributed by atoms with Crippen molar-refractivity contribution in [2.24, 2.45) is 0 Å². The van der Waals surface area contributed by atoms with E-state index in [4.69, 9.17) is 0 Å². The van der Waals surface area contributed by atoms with Crippen LogP contribution in [0.15, 0.2) is 24.5 Å². The molecule has 5 heteroatoms. The highest BCUT2D eigenvalue weighted by Crippen LogP contribution is 2.28. The van der Waals surface area contributed by atoms with Gasteiger partial charge >= 0.3 is 0 Å². The average molecular weight is 282 g/mol. The van der Waals surface area contributed by atoms with Gasteiger partial charge in [-0.05, 0) is 18.6 Å². The van der Waals surface area contributed by atoms with Gasteiger partial charge in [0.2, 0.25) is 5.91 Å². The predicted octanol–water partition coefficient (Wildman–Crippen LogP) is 1.64. The van der Waals surface area contributed by atoms with Gasteiger partial charge in [0.25, 0.3) is 0 Å². The van der Waals surface area contributed by atoms with Gasteiger partial charge < -0.3 is 15.2 Å². The van der Waals surface area contributed by atoms with Crippen LogP contribution in [-0.4, -0.2) is 33.4 Å². The summed E-state index contributed by atoms with van der Waals surface area (Å²) in [6.07, 6.45) is 3.33. The number of aryl methyl sites for hydroxylation is 1. The number of aromatic nitrogens is 2. The number of rotatable bonds is 1. The summed E-state index contributed by atoms with van der Waals surface area (Å²) >= 11 is 0. The third-order valence-electron chi connectivity index (χ3n) is 4.40. The standard InChI is InChI=1S/C16H18N4O/c1-10-2-3-12-11(6-10)7-14(19-12)16(21)20-5-4-13-15(8-20)18-9-17-13/h2-3,6,9,14,19H,4-5,7-8H2,1H3,(H,17,18). The molecule has 0 bridgehead atoms. The highest BCUT2D eigenvalue weighted by atomic mass is 16.2. The summed E-state index contributed by atoms with van der Waals surface area (Å²) in [6, 6.07) is 6.18. The first kappa shape index (κ1) is 12.4. The number of aromatic amines is 1. The van der Waals surface area contributed by atoms with Crippen molar-refractivity contribution in [3.05, 3.63) is 47.0 Å². The van der Waals surface area contributed by atoms with Crippen molar-refractivity contribution in [1.82, 2.24) is 14.9 Å². The van der Waals surface area contributed by atoms with Crippen LogP contribution in [-0.2, 0) is 24.2 Å². The first-order chi connectivity index (χ1) is 10.2. The lowest BCUT2D eigenvalue weighted by molar-refractivity contribution is -0.132. The number of anilines is 1. The Hall–Kier alpha value is -2.30. The largest absolute Gasteiger partial charge is 0.373 e. The fourth-order valence-electron chi connectivity index (χ4n) is 3.26. The van der Waals surface area contributed by atoms with Crippen LogP contribution in [0.3, 0.4) is 0 Å². The molecule has 2 aliphatic rings. The molecule has 4 rings (SSSR count). The summed E-state index contributed by atoms with van der Waals surface area (Å²) in [7, 11) is 0. The fourth-order valence-corrected chi connectivity index (χ4v) is 3.26. The maximum absolute atomic E-state index is 12.7. The predicted molar refractivity (Wildman–Crippen MR) is 80.0 cm³/mol. The van der Waals surface area contributed by atoms with Gasteiger partial charge in [-0.1, -0.05) is 17.7 Å². The molecule has 1 amide bonds. The monoisotopic (exact) mass is 282 g/mol. The van der Waals surface area contributed by atoms with E-state index in [0.717, 1.165) is 36.5 Å². The van der Waals surface area contributed by atoms with E-state index in [9.17, 15) is 4.79 Å². The molecule has 0 aliphatic carbocycles. The fraction of sp³-hybridized carbons (Fsp3) is 0.375. The molecule has 3 heterocycles. The number of nitrogens with zero attached hydrogens (tertiary/aromatic N) is 2. The number of carbonyl (C=O) groups is 1. The number of nitrogens with one attached hydrogen (secondary N) is 2. The maximum Gasteiger partial charge on any atom is 0.245 e. The molecule has 0 spiro atoms. The molecule has 108 valence electrons. The Kier molecular flexibility index (Phi) is 2.74. The number of hydrogen-bond acceptors (Lipinski definition) is 3. The van der Waals surface area contributed by atoms with Crippen LogP contribution < -0.4 is 5.32 Å². The number of amides is 1. The summed E-state index contributed by atoms with van der Waals surface area (Å²) in [4.78, 5) is 22.1. The molecule has 1 atom stereocenters. The van der Waals surface area contributed by atoms with Crippen molar-refractivity contribution in [1.29, 1.82) is 0 Å². The highest BCUT2D eigenvalue weighted by molar-refractivity contribution is 5.87. The molecule has 2 aliphatic heterocycles. The number of carbonyl (C=O) groups excluding carboxylic acids is 1. The molecule has 0 saturated heterocycles. The van der Waals surface area contributed by atoms with E-state index in [0.29, 0.717) is 6.54 Å². The van der Waals surface area contributed by atoms with Gasteiger partial charge in [0.05, 0.1) is 24.3 Å². The third kappa shape index (κ3) is 2.09. The Morgan fingerprint density at radius 1 is 1.43 bits per heavy atom. The first-order valence-electron chi connectivity index (χ1n) is 7.36. The van der Waals surface area contributed by atoms with E-state index in [-0.39, 0.29) is 11.9 Å². The van der Waals surface area contributed by atoms with Gasteiger partial charge in [-0.25, -0.2) is 4.98 Å². The summed E-state index contributed by atoms with van der Waals surface area (Å²) in [5.41, 5.74) is 5.74. The molecule has 2 aromatic rings. The van der Waals surface area contributed by atoms with Crippen LogP contribution in [0.1, 0.15) is 22.5 Å². The first-order valence-corrected chi connectivity index (χ1v) is 7.36. The zero-order valence-corrected chi connectivity index (χ0v) is 12.0. The van der Waals surface area contributed by atoms with Gasteiger partial charge in [-0.3, -0.25) is 4.79 Å². The smallest absolute Gasteiger partial charge is 0.245 e. The van der Waals surface area contributed by atoms with Crippen molar-refractivity contribution in [2.45, 2.75) is 32.4 Å². The molecule has 1 unspecified atom stereocenters. The van der Waals surface area contributed by atoms with E-state index in [1.165, 1.54) is 11.1 Å². The van der Waals surface area contributed by atoms with Crippen LogP contribution in [0.2, 0.25) is 0 Å². The average Bonchev–Trinajstić information content (AvgIpc) is 3.11. The number of hydrogen-bond donors (Lipinski definition) is 2. The second kappa shape index (κ2) is 4.62. The Balaban J connectivity index is 1.50. The lowest BCUT2D eigenvalue weighted by Gasteiger charge is -2.28. The molecule has 21 heavy (non-hydrogen) atoms. The third-order valence-corrected chi connectivity index (χ3v) is 4.40. The number of fused-ring (bicyclic) bond motifs is 2. The van der Waals surface area contributed by atoms with Crippen molar-refractivity contribution in [3.63, 3.8) is 0 Å². The minimum Gasteiger partial charge on any atom is -0.373 e. The minimum atomic E-state index is -0.133. The van der Waals surface area contributed by atoms with E-state index in [1.54, 1.807) is 6.33 Å². The summed E-state index contributed by atoms with van der Waals surface area (Å²) in [5, 5.41) is 3.36. The Morgan fingerprint density at radius 2 is 2.33 bits per heavy atom. The van der Waals surface area contributed by atoms with Crippen LogP contribution in [0, 0.1) is 6.92 Å². The molecule has 0 radical (unpaired) electrons. The molecule has 1 aromatic heterocycles. The number of H-pyrrole nitrogens is 1. The van der Waals surface area contributed by atoms with E-state index in [1.807, 2.05) is 4.90 Å². The van der Waals surface area contributed by atoms with Gasteiger partial charge in [0.1, 0.15) is 6.04 Å². The zero-order chi connectivity index (χ0) is 14.4. The summed E-state index contributed by atoms with van der Waals surface area (Å²) in [5.74, 6) is 0.184. The van der Waals surface area contributed by atoms with Crippen LogP contribution in [0.25, 0.3) is 0 Å². The van der Waals surface area contributed by atoms with Crippen LogP contribution in [0.5, 0.6) is 0 Å². The Bertz CT molecular complexity index is 706. The quantitative estimate of drug-likeness (QED) is 0.836. The maximum atomic E-state index is 12.7. The topological polar surface area (TPSA) is 61.0 Å². The van der Waals surface area contributed by atoms with Crippen LogP contribution >= 0.6 is 0 Å². The Morgan fingerprint density at radius 3 is 3.24 bits per heavy atom. The second-order valence-electron chi connectivity index (χ2n) is 5.90. The molecular formula is C16H18N4O. The zero-order valence-electron chi connectivity index (χ0n) is 12.0. The molecule has 2 N–H and O–H groups in total. The number of benzene rings is 1. The lowest BCUT2D eigenvalue weighted by Crippen LogP contribution is -2.44. The number of imidazole rings is 1.